The molecule has 166 valence electrons. The van der Waals surface area contributed by atoms with Crippen LogP contribution in [0.1, 0.15) is 48.4 Å². The van der Waals surface area contributed by atoms with E-state index in [0.29, 0.717) is 23.9 Å². The summed E-state index contributed by atoms with van der Waals surface area (Å²) in [6, 6.07) is 15.6. The number of amides is 1. The average Bonchev–Trinajstić information content (AvgIpc) is 3.57. The second-order valence-corrected chi connectivity index (χ2v) is 9.19. The van der Waals surface area contributed by atoms with Crippen molar-refractivity contribution >= 4 is 24.0 Å². The highest BCUT2D eigenvalue weighted by molar-refractivity contribution is 6.01. The summed E-state index contributed by atoms with van der Waals surface area (Å²) in [5.41, 5.74) is 4.74. The lowest BCUT2D eigenvalue weighted by molar-refractivity contribution is -0.119. The van der Waals surface area contributed by atoms with Gasteiger partial charge in [-0.1, -0.05) is 37.3 Å². The maximum Gasteiger partial charge on any atom is 0.230 e. The number of anilines is 1. The van der Waals surface area contributed by atoms with Crippen LogP contribution in [-0.2, 0) is 11.3 Å². The van der Waals surface area contributed by atoms with E-state index in [1.54, 1.807) is 7.11 Å². The molecule has 0 aromatic heterocycles. The highest BCUT2D eigenvalue weighted by Crippen LogP contribution is 2.56. The topological polar surface area (TPSA) is 53.6 Å². The predicted octanol–water partition coefficient (Wildman–Crippen LogP) is 4.03. The van der Waals surface area contributed by atoms with E-state index < -0.39 is 0 Å². The minimum Gasteiger partial charge on any atom is -0.496 e. The van der Waals surface area contributed by atoms with Gasteiger partial charge in [0.1, 0.15) is 5.75 Å². The lowest BCUT2D eigenvalue weighted by Gasteiger charge is -2.37. The molecule has 2 heterocycles. The highest BCUT2D eigenvalue weighted by atomic mass is 35.5. The fourth-order valence-electron chi connectivity index (χ4n) is 5.30. The van der Waals surface area contributed by atoms with Crippen molar-refractivity contribution in [3.63, 3.8) is 0 Å². The van der Waals surface area contributed by atoms with Gasteiger partial charge in [0.25, 0.3) is 0 Å². The van der Waals surface area contributed by atoms with Gasteiger partial charge >= 0.3 is 0 Å². The van der Waals surface area contributed by atoms with Gasteiger partial charge in [-0.05, 0) is 54.5 Å². The number of fused-ring (bicyclic) bond motifs is 3. The molecule has 2 N–H and O–H groups in total. The summed E-state index contributed by atoms with van der Waals surface area (Å²) in [7, 11) is 3.64. The van der Waals surface area contributed by atoms with E-state index >= 15 is 0 Å². The zero-order valence-corrected chi connectivity index (χ0v) is 19.2. The number of carbonyl (C=O) groups is 1. The monoisotopic (exact) mass is 441 g/mol. The molecule has 1 aliphatic carbocycles. The largest absolute Gasteiger partial charge is 0.496 e. The summed E-state index contributed by atoms with van der Waals surface area (Å²) in [5.74, 6) is 2.36. The Bertz CT molecular complexity index is 951. The van der Waals surface area contributed by atoms with E-state index in [1.165, 1.54) is 11.1 Å². The molecule has 3 aliphatic rings. The Balaban J connectivity index is 0.00000231. The predicted molar refractivity (Wildman–Crippen MR) is 126 cm³/mol. The van der Waals surface area contributed by atoms with Gasteiger partial charge in [-0.15, -0.1) is 12.4 Å². The van der Waals surface area contributed by atoms with Gasteiger partial charge in [0.2, 0.25) is 5.91 Å². The summed E-state index contributed by atoms with van der Waals surface area (Å²) in [4.78, 5) is 14.3. The van der Waals surface area contributed by atoms with Crippen LogP contribution in [0.4, 0.5) is 5.69 Å². The van der Waals surface area contributed by atoms with E-state index in [9.17, 15) is 4.79 Å². The van der Waals surface area contributed by atoms with Crippen LogP contribution in [0.5, 0.6) is 5.75 Å². The third kappa shape index (κ3) is 4.07. The molecule has 1 saturated heterocycles. The van der Waals surface area contributed by atoms with E-state index in [4.69, 9.17) is 4.74 Å². The van der Waals surface area contributed by atoms with E-state index in [1.807, 2.05) is 11.9 Å². The molecule has 2 fully saturated rings. The molecular formula is C25H32ClN3O2. The smallest absolute Gasteiger partial charge is 0.230 e. The summed E-state index contributed by atoms with van der Waals surface area (Å²) in [6.45, 7) is 4.05. The zero-order chi connectivity index (χ0) is 20.8. The number of halogens is 1. The van der Waals surface area contributed by atoms with Crippen LogP contribution in [0.3, 0.4) is 0 Å². The summed E-state index contributed by atoms with van der Waals surface area (Å²) >= 11 is 0. The third-order valence-electron chi connectivity index (χ3n) is 7.09. The van der Waals surface area contributed by atoms with Crippen LogP contribution in [0.2, 0.25) is 0 Å². The Morgan fingerprint density at radius 1 is 1.16 bits per heavy atom. The maximum absolute atomic E-state index is 12.5. The minimum atomic E-state index is 0. The van der Waals surface area contributed by atoms with Gasteiger partial charge in [-0.2, -0.15) is 0 Å². The number of rotatable bonds is 5. The number of ether oxygens (including phenoxy) is 1. The van der Waals surface area contributed by atoms with Crippen LogP contribution in [0.15, 0.2) is 42.5 Å². The minimum absolute atomic E-state index is 0. The quantitative estimate of drug-likeness (QED) is 0.735. The van der Waals surface area contributed by atoms with Gasteiger partial charge < -0.3 is 20.3 Å². The van der Waals surface area contributed by atoms with Crippen LogP contribution in [-0.4, -0.2) is 32.7 Å². The van der Waals surface area contributed by atoms with Gasteiger partial charge in [0, 0.05) is 42.8 Å². The molecule has 2 aromatic rings. The third-order valence-corrected chi connectivity index (χ3v) is 7.09. The Morgan fingerprint density at radius 2 is 1.94 bits per heavy atom. The number of piperidine rings is 1. The molecule has 1 saturated carbocycles. The van der Waals surface area contributed by atoms with E-state index in [2.05, 4.69) is 60.0 Å². The second-order valence-electron chi connectivity index (χ2n) is 9.19. The molecule has 5 unspecified atom stereocenters. The molecule has 0 radical (unpaired) electrons. The van der Waals surface area contributed by atoms with Crippen molar-refractivity contribution in [2.24, 2.45) is 11.8 Å². The van der Waals surface area contributed by atoms with Crippen molar-refractivity contribution < 1.29 is 9.53 Å². The number of benzene rings is 2. The number of hydrogen-bond acceptors (Lipinski definition) is 4. The standard InChI is InChI=1S/C25H31N3O2.ClH/c1-15-9-21(24(27-13-15)16-7-5-4-6-8-16)26-14-17-10-22-19(12-23(17)30-3)18-11-20(18)25(29)28(22)2;/h4-8,10,12,15,18,20-21,24,26-27H,9,11,13-14H2,1-3H3;1H. The lowest BCUT2D eigenvalue weighted by Crippen LogP contribution is -2.48. The first-order valence-electron chi connectivity index (χ1n) is 11.1. The molecule has 5 nitrogen and oxygen atoms in total. The van der Waals surface area contributed by atoms with Crippen molar-refractivity contribution in [1.29, 1.82) is 0 Å². The first-order valence-corrected chi connectivity index (χ1v) is 11.1. The fraction of sp³-hybridized carbons (Fsp3) is 0.480. The number of nitrogens with zero attached hydrogens (tertiary/aromatic N) is 1. The summed E-state index contributed by atoms with van der Waals surface area (Å²) < 4.78 is 5.75. The van der Waals surface area contributed by atoms with Crippen LogP contribution in [0, 0.1) is 11.8 Å². The first-order chi connectivity index (χ1) is 14.6. The summed E-state index contributed by atoms with van der Waals surface area (Å²) in [5, 5.41) is 7.53. The molecule has 6 heteroatoms. The molecule has 0 bridgehead atoms. The Morgan fingerprint density at radius 3 is 2.68 bits per heavy atom. The van der Waals surface area contributed by atoms with Crippen molar-refractivity contribution in [3.8, 4) is 5.75 Å². The number of carbonyl (C=O) groups excluding carboxylic acids is 1. The van der Waals surface area contributed by atoms with Crippen molar-refractivity contribution in [1.82, 2.24) is 10.6 Å². The zero-order valence-electron chi connectivity index (χ0n) is 18.4. The highest BCUT2D eigenvalue weighted by Gasteiger charge is 2.50. The number of methoxy groups -OCH3 is 1. The maximum atomic E-state index is 12.5. The van der Waals surface area contributed by atoms with Crippen LogP contribution in [0.25, 0.3) is 0 Å². The molecule has 2 aliphatic heterocycles. The normalized spacial score (nSPS) is 28.9. The molecule has 0 spiro atoms. The molecular weight excluding hydrogens is 410 g/mol. The Labute approximate surface area is 191 Å². The van der Waals surface area contributed by atoms with Gasteiger partial charge in [-0.25, -0.2) is 0 Å². The Kier molecular flexibility index (Phi) is 6.29. The molecule has 2 aromatic carbocycles. The summed E-state index contributed by atoms with van der Waals surface area (Å²) in [6.07, 6.45) is 2.10. The molecule has 5 rings (SSSR count). The van der Waals surface area contributed by atoms with Crippen molar-refractivity contribution in [2.45, 2.75) is 44.3 Å². The molecule has 5 atom stereocenters. The molecule has 31 heavy (non-hydrogen) atoms. The van der Waals surface area contributed by atoms with E-state index in [-0.39, 0.29) is 24.2 Å². The van der Waals surface area contributed by atoms with Crippen molar-refractivity contribution in [3.05, 3.63) is 59.2 Å². The first kappa shape index (κ1) is 22.1. The van der Waals surface area contributed by atoms with E-state index in [0.717, 1.165) is 42.9 Å². The van der Waals surface area contributed by atoms with Gasteiger partial charge in [-0.3, -0.25) is 4.79 Å². The van der Waals surface area contributed by atoms with Gasteiger partial charge in [0.05, 0.1) is 7.11 Å². The van der Waals surface area contributed by atoms with Crippen molar-refractivity contribution in [2.75, 3.05) is 25.6 Å². The van der Waals surface area contributed by atoms with Crippen LogP contribution >= 0.6 is 12.4 Å². The molecule has 1 amide bonds. The number of nitrogens with one attached hydrogen (secondary N) is 2. The number of hydrogen-bond donors (Lipinski definition) is 2. The van der Waals surface area contributed by atoms with Crippen LogP contribution < -0.4 is 20.3 Å². The Hall–Kier alpha value is -2.08. The lowest BCUT2D eigenvalue weighted by atomic mass is 9.87. The average molecular weight is 442 g/mol. The SMILES string of the molecule is COc1cc2c(cc1CNC1CC(C)CNC1c1ccccc1)N(C)C(=O)C1CC21.Cl. The second kappa shape index (κ2) is 8.81. The van der Waals surface area contributed by atoms with Gasteiger partial charge in [0.15, 0.2) is 0 Å². The fourth-order valence-corrected chi connectivity index (χ4v) is 5.30.